The Morgan fingerprint density at radius 3 is 2.89 bits per heavy atom. The lowest BCUT2D eigenvalue weighted by Crippen LogP contribution is -1.94. The first-order valence-corrected chi connectivity index (χ1v) is 6.04. The Morgan fingerprint density at radius 2 is 2.22 bits per heavy atom. The van der Waals surface area contributed by atoms with Crippen molar-refractivity contribution in [3.8, 4) is 17.0 Å². The molecule has 0 aliphatic carbocycles. The number of aryl methyl sites for hydroxylation is 1. The van der Waals surface area contributed by atoms with E-state index in [9.17, 15) is 4.79 Å². The predicted octanol–water partition coefficient (Wildman–Crippen LogP) is 2.78. The molecule has 0 saturated carbocycles. The molecule has 0 aliphatic heterocycles. The average Bonchev–Trinajstić information content (AvgIpc) is 2.83. The lowest BCUT2D eigenvalue weighted by atomic mass is 10.1. The Morgan fingerprint density at radius 1 is 1.39 bits per heavy atom. The van der Waals surface area contributed by atoms with Crippen LogP contribution in [0.4, 0.5) is 0 Å². The second kappa shape index (κ2) is 5.49. The monoisotopic (exact) mass is 244 g/mol. The molecule has 4 nitrogen and oxygen atoms in total. The van der Waals surface area contributed by atoms with Gasteiger partial charge >= 0.3 is 0 Å². The molecule has 94 valence electrons. The van der Waals surface area contributed by atoms with E-state index >= 15 is 0 Å². The molecular formula is C14H16N2O2. The van der Waals surface area contributed by atoms with Crippen LogP contribution in [0.5, 0.6) is 5.75 Å². The van der Waals surface area contributed by atoms with Crippen LogP contribution in [-0.2, 0) is 6.54 Å². The van der Waals surface area contributed by atoms with Gasteiger partial charge in [0.25, 0.3) is 0 Å². The number of rotatable bonds is 5. The van der Waals surface area contributed by atoms with Crippen molar-refractivity contribution >= 4 is 6.29 Å². The van der Waals surface area contributed by atoms with E-state index in [2.05, 4.69) is 5.10 Å². The molecule has 1 aromatic heterocycles. The van der Waals surface area contributed by atoms with Gasteiger partial charge in [0.1, 0.15) is 11.4 Å². The van der Waals surface area contributed by atoms with Gasteiger partial charge in [-0.05, 0) is 26.0 Å². The first kappa shape index (κ1) is 12.4. The van der Waals surface area contributed by atoms with Gasteiger partial charge in [0, 0.05) is 18.3 Å². The van der Waals surface area contributed by atoms with Crippen molar-refractivity contribution in [2.45, 2.75) is 20.4 Å². The van der Waals surface area contributed by atoms with Crippen LogP contribution in [0.1, 0.15) is 24.2 Å². The van der Waals surface area contributed by atoms with E-state index in [1.807, 2.05) is 38.1 Å². The first-order valence-electron chi connectivity index (χ1n) is 6.04. The molecule has 4 heteroatoms. The van der Waals surface area contributed by atoms with Crippen molar-refractivity contribution < 1.29 is 9.53 Å². The maximum Gasteiger partial charge on any atom is 0.153 e. The quantitative estimate of drug-likeness (QED) is 0.760. The van der Waals surface area contributed by atoms with Crippen molar-refractivity contribution in [2.75, 3.05) is 6.61 Å². The number of hydrogen-bond donors (Lipinski definition) is 0. The maximum absolute atomic E-state index is 11.1. The van der Waals surface area contributed by atoms with Crippen LogP contribution in [0.3, 0.4) is 0 Å². The zero-order valence-electron chi connectivity index (χ0n) is 10.6. The van der Waals surface area contributed by atoms with E-state index in [4.69, 9.17) is 4.74 Å². The predicted molar refractivity (Wildman–Crippen MR) is 69.9 cm³/mol. The molecular weight excluding hydrogens is 228 g/mol. The molecule has 0 radical (unpaired) electrons. The first-order chi connectivity index (χ1) is 8.78. The van der Waals surface area contributed by atoms with Gasteiger partial charge in [0.2, 0.25) is 0 Å². The van der Waals surface area contributed by atoms with Crippen LogP contribution in [0, 0.1) is 0 Å². The summed E-state index contributed by atoms with van der Waals surface area (Å²) in [6.07, 6.45) is 2.59. The highest BCUT2D eigenvalue weighted by Crippen LogP contribution is 2.25. The summed E-state index contributed by atoms with van der Waals surface area (Å²) in [4.78, 5) is 11.1. The fraction of sp³-hybridized carbons (Fsp3) is 0.286. The van der Waals surface area contributed by atoms with E-state index in [0.29, 0.717) is 17.9 Å². The number of carbonyl (C=O) groups is 1. The Kier molecular flexibility index (Phi) is 3.77. The summed E-state index contributed by atoms with van der Waals surface area (Å²) < 4.78 is 7.21. The molecule has 18 heavy (non-hydrogen) atoms. The number of nitrogens with zero attached hydrogens (tertiary/aromatic N) is 2. The van der Waals surface area contributed by atoms with Crippen molar-refractivity contribution in [1.82, 2.24) is 9.78 Å². The van der Waals surface area contributed by atoms with Gasteiger partial charge in [-0.2, -0.15) is 5.10 Å². The smallest absolute Gasteiger partial charge is 0.153 e. The number of hydrogen-bond acceptors (Lipinski definition) is 3. The molecule has 0 aliphatic rings. The minimum atomic E-state index is 0.602. The number of carbonyl (C=O) groups excluding carboxylic acids is 1. The fourth-order valence-electron chi connectivity index (χ4n) is 1.81. The van der Waals surface area contributed by atoms with E-state index in [1.165, 1.54) is 0 Å². The standard InChI is InChI=1S/C14H16N2O2/c1-3-16-9-12(10-17)14(15-16)11-6-5-7-13(8-11)18-4-2/h5-10H,3-4H2,1-2H3. The highest BCUT2D eigenvalue weighted by atomic mass is 16.5. The second-order valence-electron chi connectivity index (χ2n) is 3.87. The number of benzene rings is 1. The van der Waals surface area contributed by atoms with E-state index in [-0.39, 0.29) is 0 Å². The van der Waals surface area contributed by atoms with E-state index < -0.39 is 0 Å². The summed E-state index contributed by atoms with van der Waals surface area (Å²) in [7, 11) is 0. The molecule has 0 unspecified atom stereocenters. The van der Waals surface area contributed by atoms with E-state index in [1.54, 1.807) is 10.9 Å². The van der Waals surface area contributed by atoms with Gasteiger partial charge in [-0.15, -0.1) is 0 Å². The highest BCUT2D eigenvalue weighted by Gasteiger charge is 2.10. The molecule has 1 aromatic carbocycles. The Labute approximate surface area is 106 Å². The topological polar surface area (TPSA) is 44.1 Å². The molecule has 0 spiro atoms. The number of ether oxygens (including phenoxy) is 1. The van der Waals surface area contributed by atoms with Crippen molar-refractivity contribution in [2.24, 2.45) is 0 Å². The molecule has 0 bridgehead atoms. The van der Waals surface area contributed by atoms with Crippen LogP contribution in [-0.4, -0.2) is 22.7 Å². The normalized spacial score (nSPS) is 10.3. The van der Waals surface area contributed by atoms with Crippen LogP contribution in [0.25, 0.3) is 11.3 Å². The molecule has 2 aromatic rings. The zero-order valence-corrected chi connectivity index (χ0v) is 10.6. The summed E-state index contributed by atoms with van der Waals surface area (Å²) in [5, 5.41) is 4.40. The van der Waals surface area contributed by atoms with Gasteiger partial charge in [-0.25, -0.2) is 0 Å². The average molecular weight is 244 g/mol. The number of aldehydes is 1. The summed E-state index contributed by atoms with van der Waals surface area (Å²) >= 11 is 0. The van der Waals surface area contributed by atoms with Crippen LogP contribution < -0.4 is 4.74 Å². The van der Waals surface area contributed by atoms with Crippen molar-refractivity contribution in [3.63, 3.8) is 0 Å². The fourth-order valence-corrected chi connectivity index (χ4v) is 1.81. The van der Waals surface area contributed by atoms with Gasteiger partial charge < -0.3 is 4.74 Å². The minimum Gasteiger partial charge on any atom is -0.494 e. The summed E-state index contributed by atoms with van der Waals surface area (Å²) in [5.41, 5.74) is 2.20. The summed E-state index contributed by atoms with van der Waals surface area (Å²) in [6, 6.07) is 7.63. The second-order valence-corrected chi connectivity index (χ2v) is 3.87. The van der Waals surface area contributed by atoms with Gasteiger partial charge in [0.15, 0.2) is 6.29 Å². The van der Waals surface area contributed by atoms with Gasteiger partial charge in [0.05, 0.1) is 12.2 Å². The van der Waals surface area contributed by atoms with Gasteiger partial charge in [-0.1, -0.05) is 12.1 Å². The SMILES string of the molecule is CCOc1cccc(-c2nn(CC)cc2C=O)c1. The summed E-state index contributed by atoms with van der Waals surface area (Å²) in [6.45, 7) is 5.29. The van der Waals surface area contributed by atoms with Crippen LogP contribution >= 0.6 is 0 Å². The largest absolute Gasteiger partial charge is 0.494 e. The van der Waals surface area contributed by atoms with Crippen LogP contribution in [0.15, 0.2) is 30.5 Å². The molecule has 1 heterocycles. The van der Waals surface area contributed by atoms with Gasteiger partial charge in [-0.3, -0.25) is 9.48 Å². The molecule has 0 N–H and O–H groups in total. The maximum atomic E-state index is 11.1. The number of aromatic nitrogens is 2. The molecule has 0 amide bonds. The van der Waals surface area contributed by atoms with Crippen molar-refractivity contribution in [1.29, 1.82) is 0 Å². The Bertz CT molecular complexity index is 546. The third-order valence-electron chi connectivity index (χ3n) is 2.66. The van der Waals surface area contributed by atoms with Crippen LogP contribution in [0.2, 0.25) is 0 Å². The van der Waals surface area contributed by atoms with E-state index in [0.717, 1.165) is 24.1 Å². The molecule has 0 atom stereocenters. The lowest BCUT2D eigenvalue weighted by Gasteiger charge is -2.04. The summed E-state index contributed by atoms with van der Waals surface area (Å²) in [5.74, 6) is 0.790. The zero-order chi connectivity index (χ0) is 13.0. The Balaban J connectivity index is 2.43. The highest BCUT2D eigenvalue weighted by molar-refractivity contribution is 5.85. The third kappa shape index (κ3) is 2.42. The molecule has 0 saturated heterocycles. The minimum absolute atomic E-state index is 0.602. The lowest BCUT2D eigenvalue weighted by molar-refractivity contribution is 0.112. The Hall–Kier alpha value is -2.10. The molecule has 0 fully saturated rings. The van der Waals surface area contributed by atoms with Crippen molar-refractivity contribution in [3.05, 3.63) is 36.0 Å². The molecule has 2 rings (SSSR count). The third-order valence-corrected chi connectivity index (χ3v) is 2.66.